The first-order valence-corrected chi connectivity index (χ1v) is 11.2. The Morgan fingerprint density at radius 1 is 1.10 bits per heavy atom. The normalized spacial score (nSPS) is 12.7. The molecule has 31 heavy (non-hydrogen) atoms. The number of amides is 2. The van der Waals surface area contributed by atoms with Crippen molar-refractivity contribution in [2.45, 2.75) is 66.1 Å². The zero-order valence-electron chi connectivity index (χ0n) is 19.1. The molecule has 0 fully saturated rings. The Labute approximate surface area is 190 Å². The van der Waals surface area contributed by atoms with Crippen LogP contribution in [0.2, 0.25) is 5.02 Å². The zero-order valence-corrected chi connectivity index (χ0v) is 19.8. The quantitative estimate of drug-likeness (QED) is 0.557. The number of hydrogen-bond donors (Lipinski definition) is 1. The van der Waals surface area contributed by atoms with Gasteiger partial charge in [-0.15, -0.1) is 0 Å². The van der Waals surface area contributed by atoms with Crippen LogP contribution in [0.3, 0.4) is 0 Å². The number of aryl methyl sites for hydroxylation is 2. The van der Waals surface area contributed by atoms with Crippen LogP contribution in [-0.4, -0.2) is 35.4 Å². The molecule has 0 aliphatic heterocycles. The van der Waals surface area contributed by atoms with Crippen LogP contribution in [0.1, 0.15) is 50.3 Å². The van der Waals surface area contributed by atoms with Crippen LogP contribution in [0.15, 0.2) is 42.5 Å². The average molecular weight is 445 g/mol. The van der Waals surface area contributed by atoms with E-state index in [4.69, 9.17) is 16.3 Å². The van der Waals surface area contributed by atoms with Gasteiger partial charge in [0.15, 0.2) is 6.61 Å². The van der Waals surface area contributed by atoms with Gasteiger partial charge in [-0.25, -0.2) is 0 Å². The van der Waals surface area contributed by atoms with Gasteiger partial charge in [0.1, 0.15) is 11.8 Å². The molecule has 0 aliphatic rings. The Hall–Kier alpha value is -2.53. The molecule has 1 N–H and O–H groups in total. The largest absolute Gasteiger partial charge is 0.484 e. The summed E-state index contributed by atoms with van der Waals surface area (Å²) >= 11 is 6.07. The predicted molar refractivity (Wildman–Crippen MR) is 125 cm³/mol. The summed E-state index contributed by atoms with van der Waals surface area (Å²) in [6, 6.07) is 12.7. The molecule has 0 aromatic heterocycles. The van der Waals surface area contributed by atoms with Crippen LogP contribution in [-0.2, 0) is 16.1 Å². The Kier molecular flexibility index (Phi) is 9.38. The fraction of sp³-hybridized carbons (Fsp3) is 0.440. The van der Waals surface area contributed by atoms with Crippen LogP contribution in [0.25, 0.3) is 0 Å². The highest BCUT2D eigenvalue weighted by Gasteiger charge is 2.29. The molecule has 2 aromatic carbocycles. The summed E-state index contributed by atoms with van der Waals surface area (Å²) in [6.45, 7) is 9.98. The van der Waals surface area contributed by atoms with Crippen molar-refractivity contribution in [2.24, 2.45) is 0 Å². The van der Waals surface area contributed by atoms with Crippen molar-refractivity contribution in [3.05, 3.63) is 64.2 Å². The van der Waals surface area contributed by atoms with Crippen molar-refractivity contribution in [1.82, 2.24) is 10.2 Å². The zero-order chi connectivity index (χ0) is 23.0. The molecule has 0 radical (unpaired) electrons. The first kappa shape index (κ1) is 24.7. The van der Waals surface area contributed by atoms with E-state index >= 15 is 0 Å². The topological polar surface area (TPSA) is 58.6 Å². The van der Waals surface area contributed by atoms with Crippen LogP contribution in [0, 0.1) is 13.8 Å². The second-order valence-corrected chi connectivity index (χ2v) is 8.36. The molecule has 6 heteroatoms. The summed E-state index contributed by atoms with van der Waals surface area (Å²) < 4.78 is 5.74. The highest BCUT2D eigenvalue weighted by atomic mass is 35.5. The molecule has 2 aromatic rings. The number of carbonyl (C=O) groups is 2. The number of nitrogens with zero attached hydrogens (tertiary/aromatic N) is 1. The highest BCUT2D eigenvalue weighted by Crippen LogP contribution is 2.21. The Morgan fingerprint density at radius 2 is 1.84 bits per heavy atom. The Bertz CT molecular complexity index is 900. The lowest BCUT2D eigenvalue weighted by Gasteiger charge is -2.31. The Morgan fingerprint density at radius 3 is 2.45 bits per heavy atom. The second kappa shape index (κ2) is 11.8. The van der Waals surface area contributed by atoms with Gasteiger partial charge in [-0.1, -0.05) is 55.3 Å². The van der Waals surface area contributed by atoms with Gasteiger partial charge in [0.25, 0.3) is 5.91 Å². The molecule has 2 rings (SSSR count). The number of carbonyl (C=O) groups excluding carboxylic acids is 2. The molecule has 2 amide bonds. The SMILES string of the molecule is CC[C@H](C(=O)N[C@@H](C)CC)N(Cc1cccc(C)c1)C(=O)COc1ccc(Cl)c(C)c1. The minimum Gasteiger partial charge on any atom is -0.484 e. The minimum atomic E-state index is -0.572. The third-order valence-electron chi connectivity index (χ3n) is 5.31. The first-order valence-electron chi connectivity index (χ1n) is 10.8. The number of hydrogen-bond acceptors (Lipinski definition) is 3. The predicted octanol–water partition coefficient (Wildman–Crippen LogP) is 5.06. The number of benzene rings is 2. The standard InChI is InChI=1S/C25H33ClN2O3/c1-6-19(5)27-25(30)23(7-2)28(15-20-10-8-9-17(3)13-20)24(29)16-31-21-11-12-22(26)18(4)14-21/h8-14,19,23H,6-7,15-16H2,1-5H3,(H,27,30)/t19-,23+/m0/s1. The molecular formula is C25H33ClN2O3. The third kappa shape index (κ3) is 7.28. The van der Waals surface area contributed by atoms with Crippen molar-refractivity contribution in [2.75, 3.05) is 6.61 Å². The summed E-state index contributed by atoms with van der Waals surface area (Å²) in [4.78, 5) is 27.8. The van der Waals surface area contributed by atoms with Gasteiger partial charge >= 0.3 is 0 Å². The van der Waals surface area contributed by atoms with E-state index < -0.39 is 6.04 Å². The van der Waals surface area contributed by atoms with Crippen LogP contribution in [0.4, 0.5) is 0 Å². The molecule has 0 bridgehead atoms. The number of halogens is 1. The first-order chi connectivity index (χ1) is 14.7. The third-order valence-corrected chi connectivity index (χ3v) is 5.74. The average Bonchev–Trinajstić information content (AvgIpc) is 2.74. The maximum Gasteiger partial charge on any atom is 0.261 e. The van der Waals surface area contributed by atoms with Crippen molar-refractivity contribution in [3.63, 3.8) is 0 Å². The monoisotopic (exact) mass is 444 g/mol. The summed E-state index contributed by atoms with van der Waals surface area (Å²) in [5.74, 6) is 0.198. The summed E-state index contributed by atoms with van der Waals surface area (Å²) in [6.07, 6.45) is 1.34. The van der Waals surface area contributed by atoms with Gasteiger partial charge in [-0.2, -0.15) is 0 Å². The van der Waals surface area contributed by atoms with Gasteiger partial charge in [0.2, 0.25) is 5.91 Å². The molecule has 0 aliphatic carbocycles. The molecule has 0 spiro atoms. The molecule has 2 atom stereocenters. The number of rotatable bonds is 10. The van der Waals surface area contributed by atoms with Crippen molar-refractivity contribution in [1.29, 1.82) is 0 Å². The lowest BCUT2D eigenvalue weighted by atomic mass is 10.1. The summed E-state index contributed by atoms with van der Waals surface area (Å²) in [7, 11) is 0. The fourth-order valence-corrected chi connectivity index (χ4v) is 3.42. The molecule has 0 heterocycles. The smallest absolute Gasteiger partial charge is 0.261 e. The van der Waals surface area contributed by atoms with Crippen molar-refractivity contribution < 1.29 is 14.3 Å². The number of ether oxygens (including phenoxy) is 1. The van der Waals surface area contributed by atoms with Gasteiger partial charge in [0.05, 0.1) is 0 Å². The van der Waals surface area contributed by atoms with Crippen molar-refractivity contribution in [3.8, 4) is 5.75 Å². The van der Waals surface area contributed by atoms with Gasteiger partial charge in [0, 0.05) is 17.6 Å². The summed E-state index contributed by atoms with van der Waals surface area (Å²) in [5, 5.41) is 3.66. The van der Waals surface area contributed by atoms with Crippen LogP contribution < -0.4 is 10.1 Å². The van der Waals surface area contributed by atoms with E-state index in [0.29, 0.717) is 23.7 Å². The molecular weight excluding hydrogens is 412 g/mol. The number of nitrogens with one attached hydrogen (secondary N) is 1. The van der Waals surface area contributed by atoms with Gasteiger partial charge < -0.3 is 15.0 Å². The van der Waals surface area contributed by atoms with Crippen LogP contribution in [0.5, 0.6) is 5.75 Å². The molecule has 0 saturated carbocycles. The van der Waals surface area contributed by atoms with E-state index in [-0.39, 0.29) is 24.5 Å². The minimum absolute atomic E-state index is 0.0470. The fourth-order valence-electron chi connectivity index (χ4n) is 3.30. The van der Waals surface area contributed by atoms with E-state index in [1.807, 2.05) is 58.9 Å². The van der Waals surface area contributed by atoms with Crippen LogP contribution >= 0.6 is 11.6 Å². The maximum absolute atomic E-state index is 13.2. The van der Waals surface area contributed by atoms with Gasteiger partial charge in [-0.05, 0) is 62.9 Å². The lowest BCUT2D eigenvalue weighted by Crippen LogP contribution is -2.51. The molecule has 168 valence electrons. The van der Waals surface area contributed by atoms with Gasteiger partial charge in [-0.3, -0.25) is 9.59 Å². The molecule has 0 unspecified atom stereocenters. The second-order valence-electron chi connectivity index (χ2n) is 7.95. The molecule has 5 nitrogen and oxygen atoms in total. The highest BCUT2D eigenvalue weighted by molar-refractivity contribution is 6.31. The van der Waals surface area contributed by atoms with E-state index in [1.54, 1.807) is 23.1 Å². The lowest BCUT2D eigenvalue weighted by molar-refractivity contribution is -0.143. The van der Waals surface area contributed by atoms with Crippen molar-refractivity contribution >= 4 is 23.4 Å². The van der Waals surface area contributed by atoms with E-state index in [9.17, 15) is 9.59 Å². The summed E-state index contributed by atoms with van der Waals surface area (Å²) in [5.41, 5.74) is 2.96. The molecule has 0 saturated heterocycles. The Balaban J connectivity index is 2.22. The maximum atomic E-state index is 13.2. The van der Waals surface area contributed by atoms with E-state index in [0.717, 1.165) is 23.1 Å². The van der Waals surface area contributed by atoms with E-state index in [2.05, 4.69) is 5.32 Å². The van der Waals surface area contributed by atoms with E-state index in [1.165, 1.54) is 0 Å².